The Morgan fingerprint density at radius 3 is 2.93 bits per heavy atom. The van der Waals surface area contributed by atoms with Gasteiger partial charge in [-0.3, -0.25) is 0 Å². The number of hydrogen-bond acceptors (Lipinski definition) is 2. The van der Waals surface area contributed by atoms with Gasteiger partial charge < -0.3 is 10.5 Å². The van der Waals surface area contributed by atoms with Gasteiger partial charge in [-0.15, -0.1) is 0 Å². The van der Waals surface area contributed by atoms with Crippen molar-refractivity contribution in [2.24, 2.45) is 5.73 Å². The Kier molecular flexibility index (Phi) is 3.44. The molecule has 1 heterocycles. The van der Waals surface area contributed by atoms with Crippen molar-refractivity contribution in [3.8, 4) is 0 Å². The van der Waals surface area contributed by atoms with Gasteiger partial charge >= 0.3 is 0 Å². The van der Waals surface area contributed by atoms with E-state index in [1.807, 2.05) is 24.3 Å². The van der Waals surface area contributed by atoms with E-state index in [-0.39, 0.29) is 6.04 Å². The third-order valence-electron chi connectivity index (χ3n) is 2.48. The minimum atomic E-state index is -0.136. The van der Waals surface area contributed by atoms with E-state index in [0.29, 0.717) is 0 Å². The SMILES string of the molecule is NC(C1=CCCCO1)c1cccc(Br)c1. The molecule has 1 aliphatic rings. The highest BCUT2D eigenvalue weighted by Crippen LogP contribution is 2.25. The summed E-state index contributed by atoms with van der Waals surface area (Å²) in [5, 5.41) is 0. The summed E-state index contributed by atoms with van der Waals surface area (Å²) in [6, 6.07) is 7.90. The lowest BCUT2D eigenvalue weighted by molar-refractivity contribution is 0.176. The van der Waals surface area contributed by atoms with E-state index in [0.717, 1.165) is 35.2 Å². The summed E-state index contributed by atoms with van der Waals surface area (Å²) in [7, 11) is 0. The second-order valence-electron chi connectivity index (χ2n) is 3.63. The summed E-state index contributed by atoms with van der Waals surface area (Å²) in [4.78, 5) is 0. The molecular formula is C12H14BrNO. The van der Waals surface area contributed by atoms with E-state index in [4.69, 9.17) is 10.5 Å². The fourth-order valence-electron chi connectivity index (χ4n) is 1.66. The predicted octanol–water partition coefficient (Wildman–Crippen LogP) is 3.14. The van der Waals surface area contributed by atoms with Gasteiger partial charge in [0.05, 0.1) is 12.6 Å². The van der Waals surface area contributed by atoms with Crippen LogP contribution in [-0.2, 0) is 4.74 Å². The first kappa shape index (κ1) is 10.7. The van der Waals surface area contributed by atoms with Crippen LogP contribution in [-0.4, -0.2) is 6.61 Å². The van der Waals surface area contributed by atoms with Crippen molar-refractivity contribution in [1.29, 1.82) is 0 Å². The lowest BCUT2D eigenvalue weighted by atomic mass is 10.0. The van der Waals surface area contributed by atoms with Crippen LogP contribution in [0.3, 0.4) is 0 Å². The van der Waals surface area contributed by atoms with Crippen LogP contribution in [0.1, 0.15) is 24.4 Å². The van der Waals surface area contributed by atoms with Crippen molar-refractivity contribution in [2.45, 2.75) is 18.9 Å². The first-order chi connectivity index (χ1) is 7.27. The van der Waals surface area contributed by atoms with E-state index in [1.54, 1.807) is 0 Å². The maximum absolute atomic E-state index is 6.12. The van der Waals surface area contributed by atoms with Gasteiger partial charge in [0.1, 0.15) is 5.76 Å². The zero-order valence-corrected chi connectivity index (χ0v) is 10.0. The molecule has 0 aliphatic carbocycles. The summed E-state index contributed by atoms with van der Waals surface area (Å²) in [5.41, 5.74) is 7.21. The second kappa shape index (κ2) is 4.81. The van der Waals surface area contributed by atoms with Crippen molar-refractivity contribution >= 4 is 15.9 Å². The van der Waals surface area contributed by atoms with E-state index in [2.05, 4.69) is 22.0 Å². The van der Waals surface area contributed by atoms with Crippen LogP contribution in [0.2, 0.25) is 0 Å². The van der Waals surface area contributed by atoms with Crippen molar-refractivity contribution < 1.29 is 4.74 Å². The quantitative estimate of drug-likeness (QED) is 0.894. The van der Waals surface area contributed by atoms with Crippen molar-refractivity contribution in [3.63, 3.8) is 0 Å². The van der Waals surface area contributed by atoms with Crippen LogP contribution in [0.5, 0.6) is 0 Å². The van der Waals surface area contributed by atoms with E-state index in [9.17, 15) is 0 Å². The van der Waals surface area contributed by atoms with Gasteiger partial charge in [-0.05, 0) is 36.6 Å². The van der Waals surface area contributed by atoms with Crippen LogP contribution in [0.4, 0.5) is 0 Å². The van der Waals surface area contributed by atoms with E-state index >= 15 is 0 Å². The molecule has 0 amide bonds. The number of ether oxygens (including phenoxy) is 1. The lowest BCUT2D eigenvalue weighted by Gasteiger charge is -2.21. The molecule has 1 atom stereocenters. The molecule has 1 aromatic carbocycles. The first-order valence-corrected chi connectivity index (χ1v) is 5.90. The van der Waals surface area contributed by atoms with Crippen LogP contribution < -0.4 is 5.73 Å². The number of halogens is 1. The Labute approximate surface area is 98.2 Å². The minimum absolute atomic E-state index is 0.136. The third kappa shape index (κ3) is 2.61. The second-order valence-corrected chi connectivity index (χ2v) is 4.55. The molecule has 0 radical (unpaired) electrons. The molecule has 0 bridgehead atoms. The van der Waals surface area contributed by atoms with E-state index in [1.165, 1.54) is 0 Å². The van der Waals surface area contributed by atoms with Crippen LogP contribution in [0.15, 0.2) is 40.6 Å². The summed E-state index contributed by atoms with van der Waals surface area (Å²) >= 11 is 3.44. The Bertz CT molecular complexity index is 376. The summed E-state index contributed by atoms with van der Waals surface area (Å²) in [5.74, 6) is 0.902. The number of benzene rings is 1. The molecule has 80 valence electrons. The molecule has 0 spiro atoms. The molecule has 1 aromatic rings. The van der Waals surface area contributed by atoms with Crippen LogP contribution in [0.25, 0.3) is 0 Å². The predicted molar refractivity (Wildman–Crippen MR) is 64.3 cm³/mol. The van der Waals surface area contributed by atoms with Crippen molar-refractivity contribution in [1.82, 2.24) is 0 Å². The van der Waals surface area contributed by atoms with Gasteiger partial charge in [-0.1, -0.05) is 28.1 Å². The highest BCUT2D eigenvalue weighted by Gasteiger charge is 2.15. The van der Waals surface area contributed by atoms with Crippen LogP contribution >= 0.6 is 15.9 Å². The lowest BCUT2D eigenvalue weighted by Crippen LogP contribution is -2.17. The average molecular weight is 268 g/mol. The molecule has 2 nitrogen and oxygen atoms in total. The van der Waals surface area contributed by atoms with Gasteiger partial charge in [-0.2, -0.15) is 0 Å². The minimum Gasteiger partial charge on any atom is -0.496 e. The Morgan fingerprint density at radius 1 is 1.40 bits per heavy atom. The van der Waals surface area contributed by atoms with Gasteiger partial charge in [0.2, 0.25) is 0 Å². The highest BCUT2D eigenvalue weighted by atomic mass is 79.9. The Morgan fingerprint density at radius 2 is 2.27 bits per heavy atom. The first-order valence-electron chi connectivity index (χ1n) is 5.11. The maximum Gasteiger partial charge on any atom is 0.113 e. The average Bonchev–Trinajstić information content (AvgIpc) is 2.29. The van der Waals surface area contributed by atoms with E-state index < -0.39 is 0 Å². The number of hydrogen-bond donors (Lipinski definition) is 1. The smallest absolute Gasteiger partial charge is 0.113 e. The van der Waals surface area contributed by atoms with Gasteiger partial charge in [0, 0.05) is 4.47 Å². The summed E-state index contributed by atoms with van der Waals surface area (Å²) in [6.07, 6.45) is 4.25. The molecule has 2 rings (SSSR count). The van der Waals surface area contributed by atoms with Crippen LogP contribution in [0, 0.1) is 0 Å². The molecule has 0 aromatic heterocycles. The molecule has 0 saturated carbocycles. The standard InChI is InChI=1S/C12H14BrNO/c13-10-5-3-4-9(8-10)12(14)11-6-1-2-7-15-11/h3-6,8,12H,1-2,7,14H2. The highest BCUT2D eigenvalue weighted by molar-refractivity contribution is 9.10. The Hall–Kier alpha value is -0.800. The molecule has 1 unspecified atom stereocenters. The Balaban J connectivity index is 2.19. The monoisotopic (exact) mass is 267 g/mol. The number of rotatable bonds is 2. The zero-order valence-electron chi connectivity index (χ0n) is 8.45. The van der Waals surface area contributed by atoms with Gasteiger partial charge in [-0.25, -0.2) is 0 Å². The zero-order chi connectivity index (χ0) is 10.7. The molecule has 15 heavy (non-hydrogen) atoms. The summed E-state index contributed by atoms with van der Waals surface area (Å²) < 4.78 is 6.60. The summed E-state index contributed by atoms with van der Waals surface area (Å²) in [6.45, 7) is 0.785. The number of allylic oxidation sites excluding steroid dienone is 1. The van der Waals surface area contributed by atoms with Crippen molar-refractivity contribution in [3.05, 3.63) is 46.1 Å². The molecule has 0 saturated heterocycles. The molecule has 2 N–H and O–H groups in total. The fourth-order valence-corrected chi connectivity index (χ4v) is 2.07. The van der Waals surface area contributed by atoms with Crippen molar-refractivity contribution in [2.75, 3.05) is 6.61 Å². The van der Waals surface area contributed by atoms with Gasteiger partial charge in [0.15, 0.2) is 0 Å². The maximum atomic E-state index is 6.12. The normalized spacial score (nSPS) is 17.9. The largest absolute Gasteiger partial charge is 0.496 e. The molecule has 1 aliphatic heterocycles. The number of nitrogens with two attached hydrogens (primary N) is 1. The topological polar surface area (TPSA) is 35.2 Å². The molecule has 0 fully saturated rings. The van der Waals surface area contributed by atoms with Gasteiger partial charge in [0.25, 0.3) is 0 Å². The molecular weight excluding hydrogens is 254 g/mol. The third-order valence-corrected chi connectivity index (χ3v) is 2.97. The molecule has 3 heteroatoms. The fraction of sp³-hybridized carbons (Fsp3) is 0.333.